The number of aromatic carboxylic acids is 1. The summed E-state index contributed by atoms with van der Waals surface area (Å²) in [6.45, 7) is 5.22. The van der Waals surface area contributed by atoms with E-state index in [1.807, 2.05) is 12.1 Å². The van der Waals surface area contributed by atoms with Crippen molar-refractivity contribution in [2.45, 2.75) is 32.7 Å². The standard InChI is InChI=1S/C23H25FN2O2.ClH/c1-15-20(12-17-6-7-18(23(27)28)13-21(17)24)19-4-2-3-5-22(19)26(15)14-16-8-10-25-11-9-16;/h2-7,13,16,25H,8-12,14H2,1H3,(H,27,28);1H. The molecule has 0 aliphatic carbocycles. The molecule has 0 saturated carbocycles. The monoisotopic (exact) mass is 416 g/mol. The molecule has 1 aliphatic rings. The van der Waals surface area contributed by atoms with Crippen molar-refractivity contribution in [3.8, 4) is 0 Å². The van der Waals surface area contributed by atoms with Crippen molar-refractivity contribution < 1.29 is 14.3 Å². The van der Waals surface area contributed by atoms with Crippen LogP contribution in [0.15, 0.2) is 42.5 Å². The highest BCUT2D eigenvalue weighted by atomic mass is 35.5. The van der Waals surface area contributed by atoms with Crippen LogP contribution in [0, 0.1) is 18.7 Å². The van der Waals surface area contributed by atoms with E-state index in [0.29, 0.717) is 17.9 Å². The van der Waals surface area contributed by atoms with Crippen LogP contribution in [-0.4, -0.2) is 28.7 Å². The molecule has 0 spiro atoms. The summed E-state index contributed by atoms with van der Waals surface area (Å²) in [5.41, 5.74) is 3.98. The lowest BCUT2D eigenvalue weighted by molar-refractivity contribution is 0.0696. The molecule has 4 rings (SSSR count). The molecule has 154 valence electrons. The van der Waals surface area contributed by atoms with Crippen LogP contribution in [0.4, 0.5) is 4.39 Å². The van der Waals surface area contributed by atoms with Gasteiger partial charge >= 0.3 is 5.97 Å². The third kappa shape index (κ3) is 4.31. The van der Waals surface area contributed by atoms with Gasteiger partial charge in [0.25, 0.3) is 0 Å². The summed E-state index contributed by atoms with van der Waals surface area (Å²) in [5, 5.41) is 13.6. The van der Waals surface area contributed by atoms with Gasteiger partial charge in [-0.25, -0.2) is 9.18 Å². The van der Waals surface area contributed by atoms with E-state index in [4.69, 9.17) is 5.11 Å². The normalized spacial score (nSPS) is 14.7. The zero-order valence-electron chi connectivity index (χ0n) is 16.5. The molecule has 0 bridgehead atoms. The van der Waals surface area contributed by atoms with Gasteiger partial charge in [0.05, 0.1) is 5.56 Å². The van der Waals surface area contributed by atoms with Crippen molar-refractivity contribution in [3.63, 3.8) is 0 Å². The maximum atomic E-state index is 14.5. The van der Waals surface area contributed by atoms with Gasteiger partial charge in [0.1, 0.15) is 5.82 Å². The molecule has 1 fully saturated rings. The lowest BCUT2D eigenvalue weighted by Gasteiger charge is -2.24. The van der Waals surface area contributed by atoms with Crippen molar-refractivity contribution in [1.82, 2.24) is 9.88 Å². The molecule has 6 heteroatoms. The second-order valence-electron chi connectivity index (χ2n) is 7.67. The molecule has 4 nitrogen and oxygen atoms in total. The molecular formula is C23H26ClFN2O2. The number of carboxylic acid groups (broad SMARTS) is 1. The number of rotatable bonds is 5. The molecule has 0 amide bonds. The number of carboxylic acids is 1. The Morgan fingerprint density at radius 3 is 2.62 bits per heavy atom. The summed E-state index contributed by atoms with van der Waals surface area (Å²) >= 11 is 0. The highest BCUT2D eigenvalue weighted by Gasteiger charge is 2.20. The summed E-state index contributed by atoms with van der Waals surface area (Å²) in [6.07, 6.45) is 2.80. The van der Waals surface area contributed by atoms with Gasteiger partial charge in [0.15, 0.2) is 0 Å². The van der Waals surface area contributed by atoms with Crippen molar-refractivity contribution >= 4 is 29.3 Å². The Morgan fingerprint density at radius 2 is 1.93 bits per heavy atom. The van der Waals surface area contributed by atoms with Crippen molar-refractivity contribution in [2.24, 2.45) is 5.92 Å². The first-order valence-electron chi connectivity index (χ1n) is 9.83. The van der Waals surface area contributed by atoms with E-state index in [1.54, 1.807) is 6.07 Å². The lowest BCUT2D eigenvalue weighted by Crippen LogP contribution is -2.30. The highest BCUT2D eigenvalue weighted by Crippen LogP contribution is 2.30. The molecule has 0 radical (unpaired) electrons. The number of aromatic nitrogens is 1. The lowest BCUT2D eigenvalue weighted by atomic mass is 9.98. The van der Waals surface area contributed by atoms with Crippen LogP contribution in [0.25, 0.3) is 10.9 Å². The topological polar surface area (TPSA) is 54.3 Å². The number of nitrogens with zero attached hydrogens (tertiary/aromatic N) is 1. The van der Waals surface area contributed by atoms with Gasteiger partial charge in [0.2, 0.25) is 0 Å². The van der Waals surface area contributed by atoms with Gasteiger partial charge < -0.3 is 15.0 Å². The molecule has 1 saturated heterocycles. The average Bonchev–Trinajstić information content (AvgIpc) is 2.96. The zero-order valence-corrected chi connectivity index (χ0v) is 17.3. The van der Waals surface area contributed by atoms with E-state index in [1.165, 1.54) is 30.1 Å². The number of benzene rings is 2. The predicted octanol–water partition coefficient (Wildman–Crippen LogP) is 4.80. The number of hydrogen-bond donors (Lipinski definition) is 2. The van der Waals surface area contributed by atoms with Crippen LogP contribution in [-0.2, 0) is 13.0 Å². The van der Waals surface area contributed by atoms with E-state index in [9.17, 15) is 9.18 Å². The SMILES string of the molecule is Cc1c(Cc2ccc(C(=O)O)cc2F)c2ccccc2n1CC1CCNCC1.Cl. The van der Waals surface area contributed by atoms with Crippen LogP contribution < -0.4 is 5.32 Å². The Hall–Kier alpha value is -2.37. The molecule has 3 aromatic rings. The van der Waals surface area contributed by atoms with Crippen LogP contribution in [0.2, 0.25) is 0 Å². The Balaban J connectivity index is 0.00000240. The molecule has 0 unspecified atom stereocenters. The smallest absolute Gasteiger partial charge is 0.335 e. The van der Waals surface area contributed by atoms with E-state index < -0.39 is 11.8 Å². The molecule has 1 aromatic heterocycles. The molecule has 2 N–H and O–H groups in total. The minimum atomic E-state index is -1.11. The van der Waals surface area contributed by atoms with Gasteiger partial charge in [-0.1, -0.05) is 24.3 Å². The van der Waals surface area contributed by atoms with Gasteiger partial charge in [-0.15, -0.1) is 12.4 Å². The quantitative estimate of drug-likeness (QED) is 0.628. The molecule has 29 heavy (non-hydrogen) atoms. The number of halogens is 2. The number of fused-ring (bicyclic) bond motifs is 1. The fourth-order valence-corrected chi connectivity index (χ4v) is 4.30. The summed E-state index contributed by atoms with van der Waals surface area (Å²) in [5.74, 6) is -0.926. The summed E-state index contributed by atoms with van der Waals surface area (Å²) in [6, 6.07) is 12.5. The molecule has 2 heterocycles. The third-order valence-electron chi connectivity index (χ3n) is 5.93. The van der Waals surface area contributed by atoms with Crippen LogP contribution in [0.1, 0.15) is 40.0 Å². The summed E-state index contributed by atoms with van der Waals surface area (Å²) in [4.78, 5) is 11.1. The first-order valence-corrected chi connectivity index (χ1v) is 9.83. The molecule has 2 aromatic carbocycles. The van der Waals surface area contributed by atoms with Crippen molar-refractivity contribution in [2.75, 3.05) is 13.1 Å². The van der Waals surface area contributed by atoms with Crippen LogP contribution in [0.3, 0.4) is 0 Å². The van der Waals surface area contributed by atoms with Crippen molar-refractivity contribution in [1.29, 1.82) is 0 Å². The van der Waals surface area contributed by atoms with E-state index in [-0.39, 0.29) is 18.0 Å². The van der Waals surface area contributed by atoms with Gasteiger partial charge in [-0.2, -0.15) is 0 Å². The third-order valence-corrected chi connectivity index (χ3v) is 5.93. The minimum Gasteiger partial charge on any atom is -0.478 e. The van der Waals surface area contributed by atoms with Gasteiger partial charge in [0, 0.05) is 29.6 Å². The molecule has 0 atom stereocenters. The Labute approximate surface area is 176 Å². The minimum absolute atomic E-state index is 0. The van der Waals surface area contributed by atoms with E-state index in [2.05, 4.69) is 28.9 Å². The highest BCUT2D eigenvalue weighted by molar-refractivity contribution is 5.88. The molecular weight excluding hydrogens is 391 g/mol. The predicted molar refractivity (Wildman–Crippen MR) is 116 cm³/mol. The first kappa shape index (κ1) is 21.3. The average molecular weight is 417 g/mol. The van der Waals surface area contributed by atoms with Gasteiger partial charge in [-0.3, -0.25) is 0 Å². The van der Waals surface area contributed by atoms with Crippen LogP contribution in [0.5, 0.6) is 0 Å². The Kier molecular flexibility index (Phi) is 6.60. The first-order chi connectivity index (χ1) is 13.5. The maximum Gasteiger partial charge on any atom is 0.335 e. The number of piperidine rings is 1. The second kappa shape index (κ2) is 8.97. The number of para-hydroxylation sites is 1. The maximum absolute atomic E-state index is 14.5. The summed E-state index contributed by atoms with van der Waals surface area (Å²) < 4.78 is 16.9. The number of carbonyl (C=O) groups is 1. The fourth-order valence-electron chi connectivity index (χ4n) is 4.30. The van der Waals surface area contributed by atoms with Crippen LogP contribution >= 0.6 is 12.4 Å². The zero-order chi connectivity index (χ0) is 19.7. The summed E-state index contributed by atoms with van der Waals surface area (Å²) in [7, 11) is 0. The number of hydrogen-bond acceptors (Lipinski definition) is 2. The second-order valence-corrected chi connectivity index (χ2v) is 7.67. The molecule has 1 aliphatic heterocycles. The van der Waals surface area contributed by atoms with Gasteiger partial charge in [-0.05, 0) is 68.1 Å². The van der Waals surface area contributed by atoms with E-state index >= 15 is 0 Å². The Bertz CT molecular complexity index is 1030. The van der Waals surface area contributed by atoms with Crippen molar-refractivity contribution in [3.05, 3.63) is 70.7 Å². The number of nitrogens with one attached hydrogen (secondary N) is 1. The largest absolute Gasteiger partial charge is 0.478 e. The fraction of sp³-hybridized carbons (Fsp3) is 0.348. The Morgan fingerprint density at radius 1 is 1.21 bits per heavy atom. The van der Waals surface area contributed by atoms with E-state index in [0.717, 1.165) is 36.7 Å².